The van der Waals surface area contributed by atoms with Crippen molar-refractivity contribution in [2.24, 2.45) is 11.1 Å². The summed E-state index contributed by atoms with van der Waals surface area (Å²) in [6.45, 7) is 1.95. The van der Waals surface area contributed by atoms with Crippen molar-refractivity contribution in [2.75, 3.05) is 7.11 Å². The maximum Gasteiger partial charge on any atom is 0.233 e. The molecule has 20 heavy (non-hydrogen) atoms. The molecule has 2 rings (SSSR count). The highest BCUT2D eigenvalue weighted by Crippen LogP contribution is 2.41. The van der Waals surface area contributed by atoms with E-state index in [-0.39, 0.29) is 11.9 Å². The molecule has 3 N–H and O–H groups in total. The van der Waals surface area contributed by atoms with Gasteiger partial charge in [0, 0.05) is 0 Å². The summed E-state index contributed by atoms with van der Waals surface area (Å²) in [6.07, 6.45) is 2.51. The fourth-order valence-electron chi connectivity index (χ4n) is 2.43. The fourth-order valence-corrected chi connectivity index (χ4v) is 2.72. The van der Waals surface area contributed by atoms with E-state index in [2.05, 4.69) is 5.32 Å². The Morgan fingerprint density at radius 3 is 2.40 bits per heavy atom. The zero-order chi connectivity index (χ0) is 14.8. The number of carbonyl (C=O) groups excluding carboxylic acids is 1. The van der Waals surface area contributed by atoms with Crippen LogP contribution in [0.2, 0.25) is 0 Å². The van der Waals surface area contributed by atoms with Crippen LogP contribution in [0.3, 0.4) is 0 Å². The molecule has 108 valence electrons. The first kappa shape index (κ1) is 14.8. The van der Waals surface area contributed by atoms with Gasteiger partial charge >= 0.3 is 0 Å². The molecular formula is C15H20N2O2S. The predicted octanol–water partition coefficient (Wildman–Crippen LogP) is 2.33. The van der Waals surface area contributed by atoms with E-state index < -0.39 is 5.41 Å². The van der Waals surface area contributed by atoms with E-state index in [0.29, 0.717) is 4.99 Å². The van der Waals surface area contributed by atoms with Crippen molar-refractivity contribution in [3.05, 3.63) is 29.8 Å². The van der Waals surface area contributed by atoms with Crippen LogP contribution in [0, 0.1) is 5.41 Å². The number of hydrogen-bond acceptors (Lipinski definition) is 3. The van der Waals surface area contributed by atoms with Gasteiger partial charge in [-0.2, -0.15) is 0 Å². The lowest BCUT2D eigenvalue weighted by Crippen LogP contribution is -2.53. The second-order valence-corrected chi connectivity index (χ2v) is 5.71. The SMILES string of the molecule is COc1ccc(C(C)NC(=O)C2(C(N)=S)CCC2)cc1. The highest BCUT2D eigenvalue weighted by atomic mass is 32.1. The van der Waals surface area contributed by atoms with Crippen LogP contribution in [-0.2, 0) is 4.79 Å². The van der Waals surface area contributed by atoms with E-state index >= 15 is 0 Å². The number of amides is 1. The monoisotopic (exact) mass is 292 g/mol. The molecule has 1 aliphatic carbocycles. The van der Waals surface area contributed by atoms with Crippen molar-refractivity contribution in [1.82, 2.24) is 5.32 Å². The van der Waals surface area contributed by atoms with Crippen molar-refractivity contribution in [3.8, 4) is 5.75 Å². The molecule has 1 aliphatic rings. The van der Waals surface area contributed by atoms with Gasteiger partial charge < -0.3 is 15.8 Å². The number of nitrogens with two attached hydrogens (primary N) is 1. The molecule has 1 fully saturated rings. The number of thiocarbonyl (C=S) groups is 1. The molecule has 1 saturated carbocycles. The molecule has 0 bridgehead atoms. The minimum absolute atomic E-state index is 0.0560. The number of methoxy groups -OCH3 is 1. The summed E-state index contributed by atoms with van der Waals surface area (Å²) < 4.78 is 5.12. The van der Waals surface area contributed by atoms with Gasteiger partial charge in [-0.05, 0) is 37.5 Å². The second kappa shape index (κ2) is 5.79. The Bertz CT molecular complexity index is 509. The zero-order valence-corrected chi connectivity index (χ0v) is 12.6. The molecule has 0 radical (unpaired) electrons. The van der Waals surface area contributed by atoms with Gasteiger partial charge in [0.25, 0.3) is 0 Å². The van der Waals surface area contributed by atoms with Crippen LogP contribution >= 0.6 is 12.2 Å². The maximum atomic E-state index is 12.4. The highest BCUT2D eigenvalue weighted by molar-refractivity contribution is 7.80. The fraction of sp³-hybridized carbons (Fsp3) is 0.467. The first-order valence-corrected chi connectivity index (χ1v) is 7.15. The molecule has 1 aromatic carbocycles. The number of carbonyl (C=O) groups is 1. The molecule has 5 heteroatoms. The van der Waals surface area contributed by atoms with E-state index in [9.17, 15) is 4.79 Å². The molecule has 0 saturated heterocycles. The summed E-state index contributed by atoms with van der Waals surface area (Å²) in [5, 5.41) is 3.01. The van der Waals surface area contributed by atoms with Crippen molar-refractivity contribution >= 4 is 23.1 Å². The third-order valence-corrected chi connectivity index (χ3v) is 4.47. The van der Waals surface area contributed by atoms with E-state index in [1.54, 1.807) is 7.11 Å². The largest absolute Gasteiger partial charge is 0.497 e. The van der Waals surface area contributed by atoms with Crippen LogP contribution in [0.4, 0.5) is 0 Å². The molecule has 1 atom stereocenters. The predicted molar refractivity (Wildman–Crippen MR) is 82.6 cm³/mol. The number of hydrogen-bond donors (Lipinski definition) is 2. The lowest BCUT2D eigenvalue weighted by atomic mass is 9.68. The summed E-state index contributed by atoms with van der Waals surface area (Å²) in [5.41, 5.74) is 6.14. The summed E-state index contributed by atoms with van der Waals surface area (Å²) >= 11 is 5.06. The van der Waals surface area contributed by atoms with Crippen molar-refractivity contribution in [3.63, 3.8) is 0 Å². The summed E-state index contributed by atoms with van der Waals surface area (Å²) in [5.74, 6) is 0.741. The molecule has 1 unspecified atom stereocenters. The molecule has 4 nitrogen and oxygen atoms in total. The average molecular weight is 292 g/mol. The third-order valence-electron chi connectivity index (χ3n) is 4.08. The summed E-state index contributed by atoms with van der Waals surface area (Å²) in [6, 6.07) is 7.56. The summed E-state index contributed by atoms with van der Waals surface area (Å²) in [7, 11) is 1.63. The van der Waals surface area contributed by atoms with Crippen LogP contribution in [-0.4, -0.2) is 18.0 Å². The van der Waals surface area contributed by atoms with Crippen LogP contribution in [0.15, 0.2) is 24.3 Å². The van der Waals surface area contributed by atoms with Gasteiger partial charge in [0.2, 0.25) is 5.91 Å². The number of rotatable bonds is 5. The van der Waals surface area contributed by atoms with Gasteiger partial charge in [0.1, 0.15) is 5.75 Å². The Hall–Kier alpha value is -1.62. The van der Waals surface area contributed by atoms with Crippen LogP contribution < -0.4 is 15.8 Å². The number of nitrogens with one attached hydrogen (secondary N) is 1. The minimum atomic E-state index is -0.629. The topological polar surface area (TPSA) is 64.3 Å². The maximum absolute atomic E-state index is 12.4. The molecule has 1 aromatic rings. The lowest BCUT2D eigenvalue weighted by Gasteiger charge is -2.39. The molecule has 0 spiro atoms. The van der Waals surface area contributed by atoms with Gasteiger partial charge in [0.15, 0.2) is 0 Å². The first-order chi connectivity index (χ1) is 9.49. The van der Waals surface area contributed by atoms with E-state index in [0.717, 1.165) is 30.6 Å². The van der Waals surface area contributed by atoms with Crippen molar-refractivity contribution < 1.29 is 9.53 Å². The Morgan fingerprint density at radius 1 is 1.40 bits per heavy atom. The quantitative estimate of drug-likeness (QED) is 0.818. The second-order valence-electron chi connectivity index (χ2n) is 5.27. The molecule has 0 aliphatic heterocycles. The standard InChI is InChI=1S/C15H20N2O2S/c1-10(11-4-6-12(19-2)7-5-11)17-14(18)15(13(16)20)8-3-9-15/h4-7,10H,3,8-9H2,1-2H3,(H2,16,20)(H,17,18). The molecular weight excluding hydrogens is 272 g/mol. The number of benzene rings is 1. The van der Waals surface area contributed by atoms with E-state index in [4.69, 9.17) is 22.7 Å². The van der Waals surface area contributed by atoms with Gasteiger partial charge in [-0.15, -0.1) is 0 Å². The van der Waals surface area contributed by atoms with Crippen LogP contribution in [0.5, 0.6) is 5.75 Å². The van der Waals surface area contributed by atoms with E-state index in [1.165, 1.54) is 0 Å². The molecule has 0 aromatic heterocycles. The Kier molecular flexibility index (Phi) is 4.28. The normalized spacial score (nSPS) is 17.7. The Balaban J connectivity index is 2.05. The smallest absolute Gasteiger partial charge is 0.233 e. The Labute approximate surface area is 124 Å². The molecule has 0 heterocycles. The van der Waals surface area contributed by atoms with Crippen LogP contribution in [0.25, 0.3) is 0 Å². The van der Waals surface area contributed by atoms with E-state index in [1.807, 2.05) is 31.2 Å². The molecule has 1 amide bonds. The first-order valence-electron chi connectivity index (χ1n) is 6.74. The van der Waals surface area contributed by atoms with Gasteiger partial charge in [-0.1, -0.05) is 30.8 Å². The van der Waals surface area contributed by atoms with Crippen molar-refractivity contribution in [2.45, 2.75) is 32.2 Å². The Morgan fingerprint density at radius 2 is 2.00 bits per heavy atom. The van der Waals surface area contributed by atoms with Crippen molar-refractivity contribution in [1.29, 1.82) is 0 Å². The highest BCUT2D eigenvalue weighted by Gasteiger charge is 2.47. The van der Waals surface area contributed by atoms with Gasteiger partial charge in [-0.25, -0.2) is 0 Å². The minimum Gasteiger partial charge on any atom is -0.497 e. The zero-order valence-electron chi connectivity index (χ0n) is 11.8. The lowest BCUT2D eigenvalue weighted by molar-refractivity contribution is -0.131. The number of ether oxygens (including phenoxy) is 1. The van der Waals surface area contributed by atoms with Crippen LogP contribution in [0.1, 0.15) is 37.8 Å². The average Bonchev–Trinajstić information content (AvgIpc) is 2.36. The van der Waals surface area contributed by atoms with Gasteiger partial charge in [0.05, 0.1) is 23.6 Å². The van der Waals surface area contributed by atoms with Gasteiger partial charge in [-0.3, -0.25) is 4.79 Å². The third kappa shape index (κ3) is 2.63. The summed E-state index contributed by atoms with van der Waals surface area (Å²) in [4.78, 5) is 12.7.